The van der Waals surface area contributed by atoms with Crippen molar-refractivity contribution in [2.24, 2.45) is 5.10 Å². The molecule has 0 saturated heterocycles. The van der Waals surface area contributed by atoms with Gasteiger partial charge in [-0.25, -0.2) is 5.43 Å². The number of rotatable bonds is 7. The number of phenolic OH excluding ortho intramolecular Hbond substituents is 1. The molecule has 0 aliphatic rings. The van der Waals surface area contributed by atoms with E-state index in [1.807, 2.05) is 0 Å². The van der Waals surface area contributed by atoms with Crippen LogP contribution in [0, 0.1) is 17.0 Å². The van der Waals surface area contributed by atoms with Gasteiger partial charge in [-0.2, -0.15) is 5.10 Å². The average molecular weight is 370 g/mol. The molecule has 0 fully saturated rings. The number of amides is 2. The van der Waals surface area contributed by atoms with Gasteiger partial charge in [-0.1, -0.05) is 12.1 Å². The SMILES string of the molecule is Cc1cc([N+](=O)[O-])ccc1NC(=O)CCC(=O)N/N=C/c1ccccc1O. The Morgan fingerprint density at radius 1 is 1.19 bits per heavy atom. The number of nitro groups is 1. The molecule has 9 nitrogen and oxygen atoms in total. The molecule has 9 heteroatoms. The largest absolute Gasteiger partial charge is 0.507 e. The number of carbonyl (C=O) groups is 2. The molecule has 2 aromatic rings. The van der Waals surface area contributed by atoms with Crippen LogP contribution >= 0.6 is 0 Å². The summed E-state index contributed by atoms with van der Waals surface area (Å²) in [7, 11) is 0. The van der Waals surface area contributed by atoms with Crippen LogP contribution in [0.15, 0.2) is 47.6 Å². The van der Waals surface area contributed by atoms with Crippen LogP contribution in [0.2, 0.25) is 0 Å². The highest BCUT2D eigenvalue weighted by Crippen LogP contribution is 2.21. The number of nitro benzene ring substituents is 1. The smallest absolute Gasteiger partial charge is 0.269 e. The number of carbonyl (C=O) groups excluding carboxylic acids is 2. The highest BCUT2D eigenvalue weighted by atomic mass is 16.6. The number of para-hydroxylation sites is 1. The van der Waals surface area contributed by atoms with E-state index >= 15 is 0 Å². The van der Waals surface area contributed by atoms with Crippen molar-refractivity contribution >= 4 is 29.4 Å². The Balaban J connectivity index is 1.80. The molecule has 0 bridgehead atoms. The number of anilines is 1. The zero-order chi connectivity index (χ0) is 19.8. The van der Waals surface area contributed by atoms with Crippen LogP contribution in [0.25, 0.3) is 0 Å². The first-order valence-corrected chi connectivity index (χ1v) is 8.01. The molecular weight excluding hydrogens is 352 g/mol. The van der Waals surface area contributed by atoms with Crippen molar-refractivity contribution in [2.75, 3.05) is 5.32 Å². The topological polar surface area (TPSA) is 134 Å². The minimum atomic E-state index is -0.515. The lowest BCUT2D eigenvalue weighted by molar-refractivity contribution is -0.384. The van der Waals surface area contributed by atoms with Crippen molar-refractivity contribution in [3.63, 3.8) is 0 Å². The summed E-state index contributed by atoms with van der Waals surface area (Å²) in [6.07, 6.45) is 1.14. The number of hydrazone groups is 1. The molecule has 0 aliphatic heterocycles. The van der Waals surface area contributed by atoms with E-state index in [0.29, 0.717) is 16.8 Å². The Bertz CT molecular complexity index is 895. The quantitative estimate of drug-likeness (QED) is 0.391. The van der Waals surface area contributed by atoms with E-state index in [-0.39, 0.29) is 24.3 Å². The summed E-state index contributed by atoms with van der Waals surface area (Å²) in [4.78, 5) is 33.8. The molecule has 2 amide bonds. The lowest BCUT2D eigenvalue weighted by atomic mass is 10.1. The van der Waals surface area contributed by atoms with Crippen molar-refractivity contribution in [1.82, 2.24) is 5.43 Å². The standard InChI is InChI=1S/C18H18N4O5/c1-12-10-14(22(26)27)6-7-15(12)20-17(24)8-9-18(25)21-19-11-13-4-2-3-5-16(13)23/h2-7,10-11,23H,8-9H2,1H3,(H,20,24)(H,21,25)/b19-11+. The zero-order valence-electron chi connectivity index (χ0n) is 14.5. The van der Waals surface area contributed by atoms with Gasteiger partial charge in [0.05, 0.1) is 11.1 Å². The van der Waals surface area contributed by atoms with Gasteiger partial charge in [0.1, 0.15) is 5.75 Å². The normalized spacial score (nSPS) is 10.6. The van der Waals surface area contributed by atoms with Gasteiger partial charge in [-0.3, -0.25) is 19.7 Å². The second-order valence-electron chi connectivity index (χ2n) is 5.66. The molecule has 27 heavy (non-hydrogen) atoms. The van der Waals surface area contributed by atoms with Gasteiger partial charge >= 0.3 is 0 Å². The minimum absolute atomic E-state index is 0.0355. The maximum absolute atomic E-state index is 11.9. The molecule has 0 saturated carbocycles. The van der Waals surface area contributed by atoms with E-state index < -0.39 is 16.7 Å². The lowest BCUT2D eigenvalue weighted by Crippen LogP contribution is -2.20. The Morgan fingerprint density at radius 3 is 2.56 bits per heavy atom. The predicted molar refractivity (Wildman–Crippen MR) is 99.5 cm³/mol. The molecular formula is C18H18N4O5. The van der Waals surface area contributed by atoms with Gasteiger partial charge in [0.2, 0.25) is 11.8 Å². The highest BCUT2D eigenvalue weighted by molar-refractivity contribution is 5.94. The zero-order valence-corrected chi connectivity index (χ0v) is 14.5. The average Bonchev–Trinajstić information content (AvgIpc) is 2.63. The second-order valence-corrected chi connectivity index (χ2v) is 5.66. The summed E-state index contributed by atoms with van der Waals surface area (Å²) < 4.78 is 0. The first-order valence-electron chi connectivity index (χ1n) is 8.01. The molecule has 0 aromatic heterocycles. The van der Waals surface area contributed by atoms with Crippen LogP contribution in [-0.4, -0.2) is 28.1 Å². The summed E-state index contributed by atoms with van der Waals surface area (Å²) in [5.41, 5.74) is 3.66. The molecule has 2 aromatic carbocycles. The number of nitrogens with one attached hydrogen (secondary N) is 2. The number of nitrogens with zero attached hydrogens (tertiary/aromatic N) is 2. The Kier molecular flexibility index (Phi) is 6.59. The summed E-state index contributed by atoms with van der Waals surface area (Å²) >= 11 is 0. The maximum Gasteiger partial charge on any atom is 0.269 e. The Labute approximate surface area is 154 Å². The Hall–Kier alpha value is -3.75. The van der Waals surface area contributed by atoms with Crippen molar-refractivity contribution in [1.29, 1.82) is 0 Å². The van der Waals surface area contributed by atoms with E-state index in [9.17, 15) is 24.8 Å². The van der Waals surface area contributed by atoms with Gasteiger partial charge in [-0.15, -0.1) is 0 Å². The summed E-state index contributed by atoms with van der Waals surface area (Å²) in [6, 6.07) is 10.6. The molecule has 0 spiro atoms. The fourth-order valence-electron chi connectivity index (χ4n) is 2.17. The van der Waals surface area contributed by atoms with E-state index in [1.54, 1.807) is 25.1 Å². The molecule has 0 radical (unpaired) electrons. The lowest BCUT2D eigenvalue weighted by Gasteiger charge is -2.08. The van der Waals surface area contributed by atoms with Crippen LogP contribution in [0.3, 0.4) is 0 Å². The maximum atomic E-state index is 11.9. The van der Waals surface area contributed by atoms with E-state index in [2.05, 4.69) is 15.8 Å². The number of benzene rings is 2. The number of aromatic hydroxyl groups is 1. The third-order valence-corrected chi connectivity index (χ3v) is 3.60. The summed E-state index contributed by atoms with van der Waals surface area (Å²) in [5, 5.41) is 26.6. The summed E-state index contributed by atoms with van der Waals surface area (Å²) in [5.74, 6) is -0.822. The number of hydrogen-bond acceptors (Lipinski definition) is 6. The minimum Gasteiger partial charge on any atom is -0.507 e. The van der Waals surface area contributed by atoms with Crippen LogP contribution in [0.4, 0.5) is 11.4 Å². The van der Waals surface area contributed by atoms with Gasteiger partial charge in [0.15, 0.2) is 0 Å². The number of aryl methyl sites for hydroxylation is 1. The predicted octanol–water partition coefficient (Wildman–Crippen LogP) is 2.48. The van der Waals surface area contributed by atoms with E-state index in [0.717, 1.165) is 0 Å². The molecule has 140 valence electrons. The van der Waals surface area contributed by atoms with E-state index in [4.69, 9.17) is 0 Å². The van der Waals surface area contributed by atoms with Gasteiger partial charge in [0, 0.05) is 36.2 Å². The fourth-order valence-corrected chi connectivity index (χ4v) is 2.17. The molecule has 0 heterocycles. The van der Waals surface area contributed by atoms with Gasteiger partial charge < -0.3 is 10.4 Å². The summed E-state index contributed by atoms with van der Waals surface area (Å²) in [6.45, 7) is 1.64. The molecule has 0 unspecified atom stereocenters. The monoisotopic (exact) mass is 370 g/mol. The van der Waals surface area contributed by atoms with Crippen molar-refractivity contribution < 1.29 is 19.6 Å². The molecule has 3 N–H and O–H groups in total. The van der Waals surface area contributed by atoms with Crippen LogP contribution in [-0.2, 0) is 9.59 Å². The third kappa shape index (κ3) is 5.92. The number of non-ortho nitro benzene ring substituents is 1. The van der Waals surface area contributed by atoms with Crippen LogP contribution in [0.5, 0.6) is 5.75 Å². The number of phenols is 1. The first kappa shape index (κ1) is 19.6. The van der Waals surface area contributed by atoms with Crippen LogP contribution < -0.4 is 10.7 Å². The number of hydrogen-bond donors (Lipinski definition) is 3. The molecule has 2 rings (SSSR count). The van der Waals surface area contributed by atoms with Crippen LogP contribution in [0.1, 0.15) is 24.0 Å². The molecule has 0 atom stereocenters. The second kappa shape index (κ2) is 9.09. The van der Waals surface area contributed by atoms with Gasteiger partial charge in [-0.05, 0) is 30.7 Å². The first-order chi connectivity index (χ1) is 12.9. The van der Waals surface area contributed by atoms with Crippen molar-refractivity contribution in [3.8, 4) is 5.75 Å². The fraction of sp³-hybridized carbons (Fsp3) is 0.167. The molecule has 0 aliphatic carbocycles. The van der Waals surface area contributed by atoms with Crippen molar-refractivity contribution in [2.45, 2.75) is 19.8 Å². The van der Waals surface area contributed by atoms with E-state index in [1.165, 1.54) is 30.5 Å². The van der Waals surface area contributed by atoms with Gasteiger partial charge in [0.25, 0.3) is 5.69 Å². The van der Waals surface area contributed by atoms with Crippen molar-refractivity contribution in [3.05, 3.63) is 63.7 Å². The Morgan fingerprint density at radius 2 is 1.89 bits per heavy atom. The highest BCUT2D eigenvalue weighted by Gasteiger charge is 2.11. The third-order valence-electron chi connectivity index (χ3n) is 3.60.